The van der Waals surface area contributed by atoms with Crippen LogP contribution in [0.2, 0.25) is 0 Å². The fraction of sp³-hybridized carbons (Fsp3) is 1.00. The van der Waals surface area contributed by atoms with Crippen LogP contribution in [-0.4, -0.2) is 66.1 Å². The standard InChI is InChI=1S/C20H38O5/c1-3-5-7-19(15-24-16-19)13-22-11-9-21-10-12-23-14-20(8-6-4-2)17-25-18-20/h3-18H2,1-2H3. The van der Waals surface area contributed by atoms with Crippen LogP contribution in [0.5, 0.6) is 0 Å². The van der Waals surface area contributed by atoms with Gasteiger partial charge in [0.15, 0.2) is 0 Å². The van der Waals surface area contributed by atoms with E-state index in [1.807, 2.05) is 0 Å². The summed E-state index contributed by atoms with van der Waals surface area (Å²) < 4.78 is 28.0. The molecule has 5 heteroatoms. The Hall–Kier alpha value is -0.200. The average molecular weight is 359 g/mol. The molecule has 2 heterocycles. The lowest BCUT2D eigenvalue weighted by molar-refractivity contribution is -0.159. The van der Waals surface area contributed by atoms with E-state index in [1.54, 1.807) is 0 Å². The van der Waals surface area contributed by atoms with E-state index < -0.39 is 0 Å². The zero-order valence-electron chi connectivity index (χ0n) is 16.4. The smallest absolute Gasteiger partial charge is 0.0701 e. The van der Waals surface area contributed by atoms with Gasteiger partial charge in [0.05, 0.1) is 66.1 Å². The van der Waals surface area contributed by atoms with Gasteiger partial charge in [0.25, 0.3) is 0 Å². The highest BCUT2D eigenvalue weighted by atomic mass is 16.6. The van der Waals surface area contributed by atoms with Crippen LogP contribution >= 0.6 is 0 Å². The van der Waals surface area contributed by atoms with Crippen LogP contribution in [-0.2, 0) is 23.7 Å². The Morgan fingerprint density at radius 2 is 1.04 bits per heavy atom. The van der Waals surface area contributed by atoms with Crippen molar-refractivity contribution in [2.24, 2.45) is 10.8 Å². The Kier molecular flexibility index (Phi) is 9.71. The van der Waals surface area contributed by atoms with E-state index in [1.165, 1.54) is 38.5 Å². The first kappa shape index (κ1) is 21.1. The van der Waals surface area contributed by atoms with Gasteiger partial charge in [-0.15, -0.1) is 0 Å². The summed E-state index contributed by atoms with van der Waals surface area (Å²) in [7, 11) is 0. The Labute approximate surface area is 153 Å². The SMILES string of the molecule is CCCCC1(COCCOCCOCC2(CCCC)COC2)COC1. The lowest BCUT2D eigenvalue weighted by Gasteiger charge is -2.41. The summed E-state index contributed by atoms with van der Waals surface area (Å²) >= 11 is 0. The predicted octanol–water partition coefficient (Wildman–Crippen LogP) is 3.45. The quantitative estimate of drug-likeness (QED) is 0.396. The third kappa shape index (κ3) is 7.14. The van der Waals surface area contributed by atoms with E-state index >= 15 is 0 Å². The van der Waals surface area contributed by atoms with Crippen LogP contribution in [0.4, 0.5) is 0 Å². The molecule has 0 radical (unpaired) electrons. The lowest BCUT2D eigenvalue weighted by Crippen LogP contribution is -2.46. The molecule has 0 N–H and O–H groups in total. The highest BCUT2D eigenvalue weighted by Crippen LogP contribution is 2.34. The van der Waals surface area contributed by atoms with Gasteiger partial charge in [-0.25, -0.2) is 0 Å². The maximum absolute atomic E-state index is 5.81. The van der Waals surface area contributed by atoms with Gasteiger partial charge < -0.3 is 23.7 Å². The van der Waals surface area contributed by atoms with Gasteiger partial charge in [-0.05, 0) is 12.8 Å². The molecule has 0 atom stereocenters. The first-order valence-corrected chi connectivity index (χ1v) is 10.1. The topological polar surface area (TPSA) is 46.2 Å². The Balaban J connectivity index is 1.41. The van der Waals surface area contributed by atoms with E-state index in [-0.39, 0.29) is 10.8 Å². The van der Waals surface area contributed by atoms with Crippen molar-refractivity contribution in [3.63, 3.8) is 0 Å². The second-order valence-corrected chi connectivity index (χ2v) is 7.91. The van der Waals surface area contributed by atoms with Crippen LogP contribution in [0, 0.1) is 10.8 Å². The number of hydrogen-bond donors (Lipinski definition) is 0. The van der Waals surface area contributed by atoms with Crippen molar-refractivity contribution in [2.75, 3.05) is 66.1 Å². The van der Waals surface area contributed by atoms with Gasteiger partial charge in [-0.1, -0.05) is 39.5 Å². The van der Waals surface area contributed by atoms with Crippen LogP contribution in [0.1, 0.15) is 52.4 Å². The van der Waals surface area contributed by atoms with E-state index in [4.69, 9.17) is 23.7 Å². The molecule has 0 saturated carbocycles. The Bertz CT molecular complexity index is 307. The summed E-state index contributed by atoms with van der Waals surface area (Å²) in [6.07, 6.45) is 7.40. The molecule has 5 nitrogen and oxygen atoms in total. The molecule has 0 unspecified atom stereocenters. The molecule has 0 aromatic heterocycles. The fourth-order valence-electron chi connectivity index (χ4n) is 3.40. The molecule has 0 aromatic rings. The predicted molar refractivity (Wildman–Crippen MR) is 98.0 cm³/mol. The van der Waals surface area contributed by atoms with E-state index in [2.05, 4.69) is 13.8 Å². The molecule has 0 spiro atoms. The number of unbranched alkanes of at least 4 members (excludes halogenated alkanes) is 2. The van der Waals surface area contributed by atoms with Gasteiger partial charge in [0, 0.05) is 10.8 Å². The molecular formula is C20H38O5. The van der Waals surface area contributed by atoms with Crippen molar-refractivity contribution >= 4 is 0 Å². The van der Waals surface area contributed by atoms with Crippen molar-refractivity contribution in [1.82, 2.24) is 0 Å². The minimum atomic E-state index is 0.275. The van der Waals surface area contributed by atoms with Gasteiger partial charge in [-0.3, -0.25) is 0 Å². The molecule has 2 fully saturated rings. The third-order valence-electron chi connectivity index (χ3n) is 5.31. The Morgan fingerprint density at radius 3 is 1.36 bits per heavy atom. The zero-order chi connectivity index (χ0) is 17.8. The van der Waals surface area contributed by atoms with Crippen molar-refractivity contribution < 1.29 is 23.7 Å². The molecule has 0 aliphatic carbocycles. The van der Waals surface area contributed by atoms with Gasteiger partial charge in [-0.2, -0.15) is 0 Å². The highest BCUT2D eigenvalue weighted by Gasteiger charge is 2.38. The first-order chi connectivity index (χ1) is 12.2. The zero-order valence-corrected chi connectivity index (χ0v) is 16.4. The average Bonchev–Trinajstić information content (AvgIpc) is 2.55. The molecule has 0 aromatic carbocycles. The summed E-state index contributed by atoms with van der Waals surface area (Å²) in [4.78, 5) is 0. The van der Waals surface area contributed by atoms with Crippen molar-refractivity contribution in [3.05, 3.63) is 0 Å². The maximum atomic E-state index is 5.81. The molecule has 148 valence electrons. The molecule has 2 aliphatic heterocycles. The lowest BCUT2D eigenvalue weighted by atomic mass is 9.82. The minimum Gasteiger partial charge on any atom is -0.380 e. The molecular weight excluding hydrogens is 320 g/mol. The monoisotopic (exact) mass is 358 g/mol. The number of ether oxygens (including phenoxy) is 5. The van der Waals surface area contributed by atoms with Crippen molar-refractivity contribution in [1.29, 1.82) is 0 Å². The maximum Gasteiger partial charge on any atom is 0.0701 e. The first-order valence-electron chi connectivity index (χ1n) is 10.1. The summed E-state index contributed by atoms with van der Waals surface area (Å²) in [6.45, 7) is 12.0. The molecule has 2 rings (SSSR count). The number of rotatable bonds is 16. The second kappa shape index (κ2) is 11.5. The Morgan fingerprint density at radius 1 is 0.640 bits per heavy atom. The molecule has 2 aliphatic rings. The third-order valence-corrected chi connectivity index (χ3v) is 5.31. The molecule has 0 amide bonds. The van der Waals surface area contributed by atoms with E-state index in [0.717, 1.165) is 39.6 Å². The van der Waals surface area contributed by atoms with Crippen LogP contribution in [0.3, 0.4) is 0 Å². The second-order valence-electron chi connectivity index (χ2n) is 7.91. The van der Waals surface area contributed by atoms with Crippen LogP contribution in [0.25, 0.3) is 0 Å². The van der Waals surface area contributed by atoms with E-state index in [9.17, 15) is 0 Å². The molecule has 0 bridgehead atoms. The van der Waals surface area contributed by atoms with Crippen molar-refractivity contribution in [3.8, 4) is 0 Å². The summed E-state index contributed by atoms with van der Waals surface area (Å²) in [5.74, 6) is 0. The normalized spacial score (nSPS) is 20.9. The summed E-state index contributed by atoms with van der Waals surface area (Å²) in [6, 6.07) is 0. The van der Waals surface area contributed by atoms with Gasteiger partial charge >= 0.3 is 0 Å². The van der Waals surface area contributed by atoms with Crippen LogP contribution < -0.4 is 0 Å². The summed E-state index contributed by atoms with van der Waals surface area (Å²) in [5.41, 5.74) is 0.549. The van der Waals surface area contributed by atoms with Crippen molar-refractivity contribution in [2.45, 2.75) is 52.4 Å². The highest BCUT2D eigenvalue weighted by molar-refractivity contribution is 4.86. The summed E-state index contributed by atoms with van der Waals surface area (Å²) in [5, 5.41) is 0. The van der Waals surface area contributed by atoms with Gasteiger partial charge in [0.2, 0.25) is 0 Å². The van der Waals surface area contributed by atoms with Crippen LogP contribution in [0.15, 0.2) is 0 Å². The minimum absolute atomic E-state index is 0.275. The van der Waals surface area contributed by atoms with Gasteiger partial charge in [0.1, 0.15) is 0 Å². The fourth-order valence-corrected chi connectivity index (χ4v) is 3.40. The number of hydrogen-bond acceptors (Lipinski definition) is 5. The molecule has 25 heavy (non-hydrogen) atoms. The molecule has 2 saturated heterocycles. The largest absolute Gasteiger partial charge is 0.380 e. The van der Waals surface area contributed by atoms with E-state index in [0.29, 0.717) is 26.4 Å².